The van der Waals surface area contributed by atoms with Crippen LogP contribution in [-0.4, -0.2) is 21.5 Å². The van der Waals surface area contributed by atoms with Crippen LogP contribution in [0.1, 0.15) is 38.2 Å². The number of amides is 1. The maximum Gasteiger partial charge on any atom is 0.261 e. The van der Waals surface area contributed by atoms with Crippen molar-refractivity contribution < 1.29 is 4.79 Å². The molecule has 0 saturated heterocycles. The fraction of sp³-hybridized carbons (Fsp3) is 0.500. The molecule has 1 aromatic heterocycles. The number of aryl methyl sites for hydroxylation is 1. The van der Waals surface area contributed by atoms with Gasteiger partial charge in [-0.3, -0.25) is 14.2 Å². The Bertz CT molecular complexity index is 773. The van der Waals surface area contributed by atoms with E-state index < -0.39 is 0 Å². The van der Waals surface area contributed by atoms with Crippen molar-refractivity contribution in [3.05, 3.63) is 40.4 Å². The van der Waals surface area contributed by atoms with Crippen LogP contribution in [0.4, 0.5) is 0 Å². The molecule has 0 radical (unpaired) electrons. The van der Waals surface area contributed by atoms with Crippen molar-refractivity contribution in [3.8, 4) is 0 Å². The molecular weight excluding hydrogens is 290 g/mol. The van der Waals surface area contributed by atoms with Crippen LogP contribution >= 0.6 is 0 Å². The van der Waals surface area contributed by atoms with Gasteiger partial charge in [-0.05, 0) is 50.7 Å². The number of hydrogen-bond donors (Lipinski definition) is 1. The van der Waals surface area contributed by atoms with Crippen molar-refractivity contribution in [1.29, 1.82) is 0 Å². The summed E-state index contributed by atoms with van der Waals surface area (Å²) in [7, 11) is 0. The largest absolute Gasteiger partial charge is 0.352 e. The van der Waals surface area contributed by atoms with Crippen LogP contribution in [0.25, 0.3) is 10.9 Å². The Morgan fingerprint density at radius 2 is 2.04 bits per heavy atom. The van der Waals surface area contributed by atoms with Crippen LogP contribution in [0.5, 0.6) is 0 Å². The van der Waals surface area contributed by atoms with Gasteiger partial charge < -0.3 is 5.32 Å². The highest BCUT2D eigenvalue weighted by molar-refractivity contribution is 5.79. The molecule has 1 saturated carbocycles. The van der Waals surface area contributed by atoms with Gasteiger partial charge >= 0.3 is 0 Å². The normalized spacial score (nSPS) is 21.3. The summed E-state index contributed by atoms with van der Waals surface area (Å²) in [6.45, 7) is 4.22. The molecule has 0 atom stereocenters. The Labute approximate surface area is 135 Å². The fourth-order valence-corrected chi connectivity index (χ4v) is 3.22. The van der Waals surface area contributed by atoms with Crippen molar-refractivity contribution in [3.63, 3.8) is 0 Å². The summed E-state index contributed by atoms with van der Waals surface area (Å²) in [6, 6.07) is 5.82. The number of fused-ring (bicyclic) bond motifs is 1. The molecule has 5 nitrogen and oxygen atoms in total. The highest BCUT2D eigenvalue weighted by Crippen LogP contribution is 2.23. The third-order valence-electron chi connectivity index (χ3n) is 4.67. The highest BCUT2D eigenvalue weighted by Gasteiger charge is 2.20. The molecule has 1 N–H and O–H groups in total. The molecule has 122 valence electrons. The van der Waals surface area contributed by atoms with Gasteiger partial charge in [-0.25, -0.2) is 4.98 Å². The molecule has 1 fully saturated rings. The molecule has 0 bridgehead atoms. The van der Waals surface area contributed by atoms with Crippen LogP contribution in [0, 0.1) is 12.8 Å². The number of nitrogens with zero attached hydrogens (tertiary/aromatic N) is 2. The Balaban J connectivity index is 1.72. The predicted octanol–water partition coefficient (Wildman–Crippen LogP) is 2.40. The van der Waals surface area contributed by atoms with E-state index in [1.807, 2.05) is 25.1 Å². The van der Waals surface area contributed by atoms with E-state index in [1.54, 1.807) is 0 Å². The van der Waals surface area contributed by atoms with Crippen molar-refractivity contribution in [1.82, 2.24) is 14.9 Å². The molecule has 1 heterocycles. The van der Waals surface area contributed by atoms with E-state index in [1.165, 1.54) is 10.9 Å². The first kappa shape index (κ1) is 15.7. The lowest BCUT2D eigenvalue weighted by atomic mass is 9.87. The van der Waals surface area contributed by atoms with Gasteiger partial charge in [-0.15, -0.1) is 0 Å². The van der Waals surface area contributed by atoms with E-state index in [9.17, 15) is 9.59 Å². The molecule has 1 aromatic carbocycles. The first-order valence-corrected chi connectivity index (χ1v) is 8.28. The minimum absolute atomic E-state index is 0.0295. The van der Waals surface area contributed by atoms with Crippen molar-refractivity contribution in [2.45, 2.75) is 52.1 Å². The monoisotopic (exact) mass is 313 g/mol. The second-order valence-corrected chi connectivity index (χ2v) is 6.72. The van der Waals surface area contributed by atoms with E-state index in [0.717, 1.165) is 37.2 Å². The topological polar surface area (TPSA) is 64.0 Å². The lowest BCUT2D eigenvalue weighted by Crippen LogP contribution is -2.40. The van der Waals surface area contributed by atoms with Gasteiger partial charge in [0, 0.05) is 6.04 Å². The number of benzene rings is 1. The number of rotatable bonds is 3. The van der Waals surface area contributed by atoms with Crippen molar-refractivity contribution >= 4 is 16.8 Å². The zero-order valence-corrected chi connectivity index (χ0v) is 13.7. The van der Waals surface area contributed by atoms with Crippen molar-refractivity contribution in [2.75, 3.05) is 0 Å². The average Bonchev–Trinajstić information content (AvgIpc) is 2.53. The fourth-order valence-electron chi connectivity index (χ4n) is 3.22. The lowest BCUT2D eigenvalue weighted by molar-refractivity contribution is -0.122. The molecule has 1 aliphatic rings. The maximum atomic E-state index is 12.5. The number of nitrogens with one attached hydrogen (secondary N) is 1. The average molecular weight is 313 g/mol. The third kappa shape index (κ3) is 3.60. The number of hydrogen-bond acceptors (Lipinski definition) is 3. The zero-order chi connectivity index (χ0) is 16.4. The van der Waals surface area contributed by atoms with E-state index in [-0.39, 0.29) is 24.1 Å². The smallest absolute Gasteiger partial charge is 0.261 e. The Morgan fingerprint density at radius 1 is 1.30 bits per heavy atom. The maximum absolute atomic E-state index is 12.5. The quantitative estimate of drug-likeness (QED) is 0.946. The second kappa shape index (κ2) is 6.52. The van der Waals surface area contributed by atoms with Gasteiger partial charge in [-0.1, -0.05) is 18.6 Å². The summed E-state index contributed by atoms with van der Waals surface area (Å²) in [6.07, 6.45) is 5.82. The van der Waals surface area contributed by atoms with E-state index in [2.05, 4.69) is 17.2 Å². The first-order valence-electron chi connectivity index (χ1n) is 8.28. The molecule has 23 heavy (non-hydrogen) atoms. The SMILES string of the molecule is Cc1ccc2ncn(CC(=O)NC3CCC(C)CC3)c(=O)c2c1. The van der Waals surface area contributed by atoms with Gasteiger partial charge in [-0.2, -0.15) is 0 Å². The Kier molecular flexibility index (Phi) is 4.46. The van der Waals surface area contributed by atoms with E-state index >= 15 is 0 Å². The predicted molar refractivity (Wildman–Crippen MR) is 90.3 cm³/mol. The third-order valence-corrected chi connectivity index (χ3v) is 4.67. The minimum Gasteiger partial charge on any atom is -0.352 e. The van der Waals surface area contributed by atoms with Crippen LogP contribution in [0.15, 0.2) is 29.3 Å². The summed E-state index contributed by atoms with van der Waals surface area (Å²) >= 11 is 0. The number of carbonyl (C=O) groups is 1. The minimum atomic E-state index is -0.161. The first-order chi connectivity index (χ1) is 11.0. The van der Waals surface area contributed by atoms with Gasteiger partial charge in [0.05, 0.1) is 17.2 Å². The summed E-state index contributed by atoms with van der Waals surface area (Å²) in [5, 5.41) is 3.61. The molecule has 0 aliphatic heterocycles. The second-order valence-electron chi connectivity index (χ2n) is 6.72. The molecule has 1 amide bonds. The summed E-state index contributed by atoms with van der Waals surface area (Å²) in [4.78, 5) is 29.0. The molecule has 3 rings (SSSR count). The Morgan fingerprint density at radius 3 is 2.78 bits per heavy atom. The molecule has 2 aromatic rings. The van der Waals surface area contributed by atoms with E-state index in [0.29, 0.717) is 10.9 Å². The van der Waals surface area contributed by atoms with Crippen molar-refractivity contribution in [2.24, 2.45) is 5.92 Å². The zero-order valence-electron chi connectivity index (χ0n) is 13.7. The van der Waals surface area contributed by atoms with Crippen LogP contribution in [-0.2, 0) is 11.3 Å². The molecule has 0 spiro atoms. The van der Waals surface area contributed by atoms with Gasteiger partial charge in [0.25, 0.3) is 5.56 Å². The van der Waals surface area contributed by atoms with Crippen LogP contribution in [0.3, 0.4) is 0 Å². The van der Waals surface area contributed by atoms with E-state index in [4.69, 9.17) is 0 Å². The summed E-state index contributed by atoms with van der Waals surface area (Å²) in [5.74, 6) is 0.638. The molecule has 1 aliphatic carbocycles. The van der Waals surface area contributed by atoms with Gasteiger partial charge in [0.2, 0.25) is 5.91 Å². The molecular formula is C18H23N3O2. The summed E-state index contributed by atoms with van der Waals surface area (Å²) < 4.78 is 1.39. The standard InChI is InChI=1S/C18H23N3O2/c1-12-3-6-14(7-4-12)20-17(22)10-21-11-19-16-8-5-13(2)9-15(16)18(21)23/h5,8-9,11-12,14H,3-4,6-7,10H2,1-2H3,(H,20,22). The van der Waals surface area contributed by atoms with Crippen LogP contribution in [0.2, 0.25) is 0 Å². The molecule has 0 unspecified atom stereocenters. The molecule has 5 heteroatoms. The van der Waals surface area contributed by atoms with Crippen LogP contribution < -0.4 is 10.9 Å². The van der Waals surface area contributed by atoms with Gasteiger partial charge in [0.15, 0.2) is 0 Å². The Hall–Kier alpha value is -2.17. The highest BCUT2D eigenvalue weighted by atomic mass is 16.2. The lowest BCUT2D eigenvalue weighted by Gasteiger charge is -2.26. The van der Waals surface area contributed by atoms with Gasteiger partial charge in [0.1, 0.15) is 6.54 Å². The number of aromatic nitrogens is 2. The number of carbonyl (C=O) groups excluding carboxylic acids is 1. The summed E-state index contributed by atoms with van der Waals surface area (Å²) in [5.41, 5.74) is 1.51.